The maximum Gasteiger partial charge on any atom is 0.0632 e. The predicted molar refractivity (Wildman–Crippen MR) is 86.8 cm³/mol. The van der Waals surface area contributed by atoms with Crippen molar-refractivity contribution in [1.82, 2.24) is 0 Å². The first-order chi connectivity index (χ1) is 9.71. The van der Waals surface area contributed by atoms with Gasteiger partial charge in [-0.3, -0.25) is 0 Å². The third-order valence-corrected chi connectivity index (χ3v) is 8.82. The van der Waals surface area contributed by atoms with Gasteiger partial charge in [-0.05, 0) is 84.4 Å². The Bertz CT molecular complexity index is 457. The molecule has 4 saturated carbocycles. The van der Waals surface area contributed by atoms with E-state index in [1.165, 1.54) is 38.5 Å². The van der Waals surface area contributed by atoms with Crippen LogP contribution in [0, 0.1) is 45.8 Å². The number of hydrogen-bond acceptors (Lipinski definition) is 1. The third-order valence-electron chi connectivity index (χ3n) is 8.82. The van der Waals surface area contributed by atoms with E-state index in [2.05, 4.69) is 34.6 Å². The number of fused-ring (bicyclic) bond motifs is 4. The van der Waals surface area contributed by atoms with Gasteiger partial charge in [0, 0.05) is 0 Å². The van der Waals surface area contributed by atoms with Crippen molar-refractivity contribution in [2.45, 2.75) is 79.2 Å². The maximum atomic E-state index is 11.3. The lowest BCUT2D eigenvalue weighted by atomic mass is 9.47. The van der Waals surface area contributed by atoms with Crippen molar-refractivity contribution >= 4 is 0 Å². The molecule has 1 heteroatoms. The van der Waals surface area contributed by atoms with Crippen LogP contribution in [0.1, 0.15) is 73.1 Å². The summed E-state index contributed by atoms with van der Waals surface area (Å²) in [6.07, 6.45) is 8.21. The van der Waals surface area contributed by atoms with Crippen LogP contribution in [0.5, 0.6) is 0 Å². The summed E-state index contributed by atoms with van der Waals surface area (Å²) in [4.78, 5) is 0. The van der Waals surface area contributed by atoms with Crippen molar-refractivity contribution in [3.63, 3.8) is 0 Å². The molecule has 8 atom stereocenters. The molecular weight excluding hydrogens is 256 g/mol. The molecule has 0 aromatic carbocycles. The van der Waals surface area contributed by atoms with Crippen molar-refractivity contribution in [3.8, 4) is 0 Å². The zero-order valence-electron chi connectivity index (χ0n) is 14.7. The monoisotopic (exact) mass is 290 g/mol. The molecule has 0 unspecified atom stereocenters. The second kappa shape index (κ2) is 4.08. The van der Waals surface area contributed by atoms with Crippen LogP contribution in [0.3, 0.4) is 0 Å². The predicted octanol–water partition coefficient (Wildman–Crippen LogP) is 4.88. The van der Waals surface area contributed by atoms with Gasteiger partial charge in [-0.2, -0.15) is 0 Å². The Kier molecular flexibility index (Phi) is 2.82. The quantitative estimate of drug-likeness (QED) is 0.729. The molecule has 0 spiro atoms. The van der Waals surface area contributed by atoms with Crippen LogP contribution in [0.2, 0.25) is 0 Å². The summed E-state index contributed by atoms with van der Waals surface area (Å²) in [7, 11) is 0. The molecule has 0 heterocycles. The summed E-state index contributed by atoms with van der Waals surface area (Å²) in [5.74, 6) is 3.76. The second-order valence-corrected chi connectivity index (χ2v) is 10.4. The summed E-state index contributed by atoms with van der Waals surface area (Å²) in [6.45, 7) is 12.3. The number of rotatable bonds is 1. The van der Waals surface area contributed by atoms with Gasteiger partial charge in [0.15, 0.2) is 0 Å². The SMILES string of the molecule is CC(C)[C@@H]1CC[C@]2(C)CC[C@@]3(C)C[C@H]4C[C@@]4(C)[C@@H](O)[C@@H]3[C@H]12. The minimum absolute atomic E-state index is 0.0368. The maximum absolute atomic E-state index is 11.3. The van der Waals surface area contributed by atoms with Crippen LogP contribution in [0.15, 0.2) is 0 Å². The minimum atomic E-state index is -0.0368. The fourth-order valence-corrected chi connectivity index (χ4v) is 7.20. The van der Waals surface area contributed by atoms with Gasteiger partial charge in [0.1, 0.15) is 0 Å². The molecule has 4 fully saturated rings. The lowest BCUT2D eigenvalue weighted by Crippen LogP contribution is -2.56. The molecule has 0 aromatic rings. The van der Waals surface area contributed by atoms with Crippen LogP contribution in [-0.2, 0) is 0 Å². The van der Waals surface area contributed by atoms with Crippen molar-refractivity contribution in [2.24, 2.45) is 45.8 Å². The highest BCUT2D eigenvalue weighted by Gasteiger charge is 2.70. The molecule has 1 nitrogen and oxygen atoms in total. The zero-order chi connectivity index (χ0) is 15.2. The fraction of sp³-hybridized carbons (Fsp3) is 1.00. The molecular formula is C20H34O. The lowest BCUT2D eigenvalue weighted by molar-refractivity contribution is -0.150. The van der Waals surface area contributed by atoms with Crippen LogP contribution in [0.4, 0.5) is 0 Å². The average molecular weight is 290 g/mol. The normalized spacial score (nSPS) is 62.1. The lowest BCUT2D eigenvalue weighted by Gasteiger charge is -2.59. The van der Waals surface area contributed by atoms with E-state index < -0.39 is 0 Å². The highest BCUT2D eigenvalue weighted by molar-refractivity contribution is 5.19. The van der Waals surface area contributed by atoms with E-state index >= 15 is 0 Å². The first-order valence-corrected chi connectivity index (χ1v) is 9.39. The van der Waals surface area contributed by atoms with Gasteiger partial charge < -0.3 is 5.11 Å². The Balaban J connectivity index is 1.76. The van der Waals surface area contributed by atoms with Crippen molar-refractivity contribution in [1.29, 1.82) is 0 Å². The molecule has 0 radical (unpaired) electrons. The van der Waals surface area contributed by atoms with E-state index in [-0.39, 0.29) is 11.5 Å². The summed E-state index contributed by atoms with van der Waals surface area (Å²) in [5.41, 5.74) is 1.20. The molecule has 4 rings (SSSR count). The second-order valence-electron chi connectivity index (χ2n) is 10.4. The van der Waals surface area contributed by atoms with Gasteiger partial charge in [0.25, 0.3) is 0 Å². The van der Waals surface area contributed by atoms with Crippen molar-refractivity contribution in [2.75, 3.05) is 0 Å². The Morgan fingerprint density at radius 2 is 1.57 bits per heavy atom. The number of hydrogen-bond donors (Lipinski definition) is 1. The topological polar surface area (TPSA) is 20.2 Å². The van der Waals surface area contributed by atoms with Crippen molar-refractivity contribution < 1.29 is 5.11 Å². The molecule has 0 amide bonds. The van der Waals surface area contributed by atoms with Gasteiger partial charge >= 0.3 is 0 Å². The highest BCUT2D eigenvalue weighted by atomic mass is 16.3. The van der Waals surface area contributed by atoms with E-state index in [9.17, 15) is 5.11 Å². The van der Waals surface area contributed by atoms with E-state index in [0.717, 1.165) is 23.7 Å². The van der Waals surface area contributed by atoms with E-state index in [1.54, 1.807) is 0 Å². The molecule has 0 bridgehead atoms. The molecule has 0 aliphatic heterocycles. The zero-order valence-corrected chi connectivity index (χ0v) is 14.7. The first kappa shape index (κ1) is 14.5. The molecule has 21 heavy (non-hydrogen) atoms. The fourth-order valence-electron chi connectivity index (χ4n) is 7.20. The summed E-state index contributed by atoms with van der Waals surface area (Å²) >= 11 is 0. The standard InChI is InChI=1S/C20H34O/c1-12(2)14-6-7-18(3)8-9-19(4)10-13-11-20(13,5)17(21)16(19)15(14)18/h12-17,21H,6-11H2,1-5H3/t13-,14-,15-,16-,17-,18+,19-,20+/m0/s1. The van der Waals surface area contributed by atoms with Crippen LogP contribution in [-0.4, -0.2) is 11.2 Å². The molecule has 4 aliphatic rings. The van der Waals surface area contributed by atoms with E-state index in [4.69, 9.17) is 0 Å². The molecule has 120 valence electrons. The first-order valence-electron chi connectivity index (χ1n) is 9.39. The minimum Gasteiger partial charge on any atom is -0.392 e. The summed E-state index contributed by atoms with van der Waals surface area (Å²) in [5, 5.41) is 11.3. The number of aliphatic hydroxyl groups excluding tert-OH is 1. The van der Waals surface area contributed by atoms with Gasteiger partial charge in [-0.15, -0.1) is 0 Å². The summed E-state index contributed by atoms with van der Waals surface area (Å²) < 4.78 is 0. The molecule has 1 N–H and O–H groups in total. The Hall–Kier alpha value is -0.0400. The van der Waals surface area contributed by atoms with Crippen LogP contribution in [0.25, 0.3) is 0 Å². The summed E-state index contributed by atoms with van der Waals surface area (Å²) in [6, 6.07) is 0. The number of aliphatic hydroxyl groups is 1. The molecule has 0 saturated heterocycles. The van der Waals surface area contributed by atoms with Gasteiger partial charge in [0.2, 0.25) is 0 Å². The highest BCUT2D eigenvalue weighted by Crippen LogP contribution is 2.74. The van der Waals surface area contributed by atoms with E-state index in [1.807, 2.05) is 0 Å². The van der Waals surface area contributed by atoms with Gasteiger partial charge in [-0.25, -0.2) is 0 Å². The largest absolute Gasteiger partial charge is 0.392 e. The smallest absolute Gasteiger partial charge is 0.0632 e. The van der Waals surface area contributed by atoms with E-state index in [0.29, 0.717) is 16.7 Å². The molecule has 4 aliphatic carbocycles. The Morgan fingerprint density at radius 1 is 0.905 bits per heavy atom. The Morgan fingerprint density at radius 3 is 2.24 bits per heavy atom. The van der Waals surface area contributed by atoms with Gasteiger partial charge in [0.05, 0.1) is 6.10 Å². The van der Waals surface area contributed by atoms with Gasteiger partial charge in [-0.1, -0.05) is 34.6 Å². The van der Waals surface area contributed by atoms with Crippen molar-refractivity contribution in [3.05, 3.63) is 0 Å². The molecule has 0 aromatic heterocycles. The average Bonchev–Trinajstić information content (AvgIpc) is 2.91. The third kappa shape index (κ3) is 1.73. The van der Waals surface area contributed by atoms with Crippen LogP contribution >= 0.6 is 0 Å². The Labute approximate surface area is 130 Å². The van der Waals surface area contributed by atoms with Crippen LogP contribution < -0.4 is 0 Å².